The van der Waals surface area contributed by atoms with Crippen LogP contribution in [0.2, 0.25) is 0 Å². The van der Waals surface area contributed by atoms with Crippen molar-refractivity contribution in [2.75, 3.05) is 13.1 Å². The van der Waals surface area contributed by atoms with Crippen LogP contribution in [0.1, 0.15) is 24.2 Å². The lowest BCUT2D eigenvalue weighted by Gasteiger charge is -2.22. The second-order valence-electron chi connectivity index (χ2n) is 4.39. The monoisotopic (exact) mass is 252 g/mol. The molecule has 0 aliphatic rings. The number of carbonyl (C=O) groups is 2. The van der Waals surface area contributed by atoms with E-state index in [-0.39, 0.29) is 11.5 Å². The summed E-state index contributed by atoms with van der Waals surface area (Å²) in [5.41, 5.74) is -0.555. The highest BCUT2D eigenvalue weighted by atomic mass is 16.4. The summed E-state index contributed by atoms with van der Waals surface area (Å²) < 4.78 is 0. The van der Waals surface area contributed by atoms with Crippen molar-refractivity contribution in [1.82, 2.24) is 9.88 Å². The zero-order valence-corrected chi connectivity index (χ0v) is 10.3. The molecule has 0 aliphatic carbocycles. The Balaban J connectivity index is 2.98. The highest BCUT2D eigenvalue weighted by Gasteiger charge is 2.21. The number of nitrogens with zero attached hydrogens (tertiary/aromatic N) is 1. The van der Waals surface area contributed by atoms with E-state index in [0.717, 1.165) is 4.90 Å². The zero-order valence-electron chi connectivity index (χ0n) is 10.3. The largest absolute Gasteiger partial charge is 0.480 e. The number of aromatic nitrogens is 1. The first-order chi connectivity index (χ1) is 8.41. The van der Waals surface area contributed by atoms with Gasteiger partial charge in [0.2, 0.25) is 0 Å². The molecule has 1 aromatic rings. The van der Waals surface area contributed by atoms with Crippen LogP contribution in [0.15, 0.2) is 23.1 Å². The summed E-state index contributed by atoms with van der Waals surface area (Å²) in [4.78, 5) is 37.9. The topological polar surface area (TPSA) is 90.5 Å². The summed E-state index contributed by atoms with van der Waals surface area (Å²) in [5, 5.41) is 8.78. The molecule has 1 amide bonds. The Bertz CT molecular complexity index is 493. The molecule has 18 heavy (non-hydrogen) atoms. The van der Waals surface area contributed by atoms with Gasteiger partial charge in [0.15, 0.2) is 0 Å². The van der Waals surface area contributed by atoms with Crippen LogP contribution in [0.25, 0.3) is 0 Å². The summed E-state index contributed by atoms with van der Waals surface area (Å²) in [7, 11) is 0. The maximum atomic E-state index is 12.1. The standard InChI is InChI=1S/C12H16N2O4/c1-8(2)6-14(7-10(15)16)12(18)9-4-3-5-13-11(9)17/h3-5,8H,6-7H2,1-2H3,(H,13,17)(H,15,16). The molecule has 0 saturated heterocycles. The molecule has 0 aromatic carbocycles. The Hall–Kier alpha value is -2.11. The zero-order chi connectivity index (χ0) is 13.7. The molecule has 0 fully saturated rings. The third-order valence-electron chi connectivity index (χ3n) is 2.25. The van der Waals surface area contributed by atoms with Crippen molar-refractivity contribution < 1.29 is 14.7 Å². The van der Waals surface area contributed by atoms with Crippen LogP contribution in [0.4, 0.5) is 0 Å². The van der Waals surface area contributed by atoms with Crippen LogP contribution in [0.5, 0.6) is 0 Å². The van der Waals surface area contributed by atoms with Gasteiger partial charge in [-0.3, -0.25) is 14.4 Å². The summed E-state index contributed by atoms with van der Waals surface area (Å²) >= 11 is 0. The molecule has 98 valence electrons. The van der Waals surface area contributed by atoms with Gasteiger partial charge in [0.05, 0.1) is 0 Å². The predicted octanol–water partition coefficient (Wildman–Crippen LogP) is 0.558. The Morgan fingerprint density at radius 3 is 2.61 bits per heavy atom. The number of nitrogens with one attached hydrogen (secondary N) is 1. The van der Waals surface area contributed by atoms with Gasteiger partial charge in [0.1, 0.15) is 12.1 Å². The van der Waals surface area contributed by atoms with Crippen molar-refractivity contribution in [3.63, 3.8) is 0 Å². The van der Waals surface area contributed by atoms with E-state index in [2.05, 4.69) is 4.98 Å². The lowest BCUT2D eigenvalue weighted by molar-refractivity contribution is -0.137. The molecule has 0 bridgehead atoms. The van der Waals surface area contributed by atoms with Crippen LogP contribution in [0.3, 0.4) is 0 Å². The normalized spacial score (nSPS) is 10.4. The van der Waals surface area contributed by atoms with Crippen LogP contribution in [-0.4, -0.2) is 40.0 Å². The third kappa shape index (κ3) is 3.73. The smallest absolute Gasteiger partial charge is 0.323 e. The number of pyridine rings is 1. The maximum Gasteiger partial charge on any atom is 0.323 e. The van der Waals surface area contributed by atoms with Gasteiger partial charge in [-0.15, -0.1) is 0 Å². The van der Waals surface area contributed by atoms with Gasteiger partial charge in [-0.2, -0.15) is 0 Å². The van der Waals surface area contributed by atoms with Gasteiger partial charge >= 0.3 is 5.97 Å². The fraction of sp³-hybridized carbons (Fsp3) is 0.417. The lowest BCUT2D eigenvalue weighted by Crippen LogP contribution is -2.40. The molecule has 1 heterocycles. The Labute approximate surface area is 104 Å². The molecule has 0 aliphatic heterocycles. The summed E-state index contributed by atoms with van der Waals surface area (Å²) in [6.45, 7) is 3.62. The van der Waals surface area contributed by atoms with Crippen LogP contribution in [0, 0.1) is 5.92 Å². The van der Waals surface area contributed by atoms with Gasteiger partial charge in [0.25, 0.3) is 11.5 Å². The molecule has 1 rings (SSSR count). The van der Waals surface area contributed by atoms with Crippen molar-refractivity contribution in [1.29, 1.82) is 0 Å². The van der Waals surface area contributed by atoms with Crippen LogP contribution in [-0.2, 0) is 4.79 Å². The molecule has 6 nitrogen and oxygen atoms in total. The molecule has 0 saturated carbocycles. The summed E-state index contributed by atoms with van der Waals surface area (Å²) in [5.74, 6) is -1.54. The SMILES string of the molecule is CC(C)CN(CC(=O)O)C(=O)c1ccc[nH]c1=O. The van der Waals surface area contributed by atoms with Gasteiger partial charge in [-0.1, -0.05) is 13.8 Å². The summed E-state index contributed by atoms with van der Waals surface area (Å²) in [6.07, 6.45) is 1.42. The number of hydrogen-bond donors (Lipinski definition) is 2. The minimum atomic E-state index is -1.10. The van der Waals surface area contributed by atoms with E-state index in [1.165, 1.54) is 18.3 Å². The second-order valence-corrected chi connectivity index (χ2v) is 4.39. The van der Waals surface area contributed by atoms with Gasteiger partial charge in [-0.25, -0.2) is 0 Å². The Morgan fingerprint density at radius 2 is 2.11 bits per heavy atom. The maximum absolute atomic E-state index is 12.1. The van der Waals surface area contributed by atoms with Gasteiger partial charge in [0, 0.05) is 12.7 Å². The van der Waals surface area contributed by atoms with Crippen LogP contribution < -0.4 is 5.56 Å². The average molecular weight is 252 g/mol. The first-order valence-corrected chi connectivity index (χ1v) is 5.60. The van der Waals surface area contributed by atoms with E-state index in [1.54, 1.807) is 0 Å². The quantitative estimate of drug-likeness (QED) is 0.801. The molecule has 6 heteroatoms. The molecule has 1 aromatic heterocycles. The Morgan fingerprint density at radius 1 is 1.44 bits per heavy atom. The van der Waals surface area contributed by atoms with Crippen molar-refractivity contribution >= 4 is 11.9 Å². The molecule has 0 radical (unpaired) electrons. The number of hydrogen-bond acceptors (Lipinski definition) is 3. The van der Waals surface area contributed by atoms with Gasteiger partial charge in [-0.05, 0) is 18.1 Å². The van der Waals surface area contributed by atoms with E-state index in [0.29, 0.717) is 6.54 Å². The predicted molar refractivity (Wildman–Crippen MR) is 65.4 cm³/mol. The second kappa shape index (κ2) is 6.00. The van der Waals surface area contributed by atoms with E-state index < -0.39 is 24.0 Å². The minimum absolute atomic E-state index is 0.0422. The van der Waals surface area contributed by atoms with E-state index in [9.17, 15) is 14.4 Å². The van der Waals surface area contributed by atoms with E-state index in [4.69, 9.17) is 5.11 Å². The average Bonchev–Trinajstić information content (AvgIpc) is 2.26. The molecule has 0 spiro atoms. The first-order valence-electron chi connectivity index (χ1n) is 5.60. The lowest BCUT2D eigenvalue weighted by atomic mass is 10.1. The fourth-order valence-electron chi connectivity index (χ4n) is 1.58. The van der Waals surface area contributed by atoms with Crippen molar-refractivity contribution in [3.05, 3.63) is 34.2 Å². The van der Waals surface area contributed by atoms with Crippen molar-refractivity contribution in [3.8, 4) is 0 Å². The number of rotatable bonds is 5. The number of carbonyl (C=O) groups excluding carboxylic acids is 1. The van der Waals surface area contributed by atoms with E-state index >= 15 is 0 Å². The number of carboxylic acids is 1. The molecule has 2 N–H and O–H groups in total. The molecular formula is C12H16N2O4. The number of H-pyrrole nitrogens is 1. The third-order valence-corrected chi connectivity index (χ3v) is 2.25. The molecule has 0 atom stereocenters. The summed E-state index contributed by atoms with van der Waals surface area (Å²) in [6, 6.07) is 2.92. The highest BCUT2D eigenvalue weighted by molar-refractivity contribution is 5.95. The number of aliphatic carboxylic acids is 1. The number of aromatic amines is 1. The molecule has 0 unspecified atom stereocenters. The van der Waals surface area contributed by atoms with Crippen LogP contribution >= 0.6 is 0 Å². The van der Waals surface area contributed by atoms with Crippen molar-refractivity contribution in [2.45, 2.75) is 13.8 Å². The molecular weight excluding hydrogens is 236 g/mol. The fourth-order valence-corrected chi connectivity index (χ4v) is 1.58. The van der Waals surface area contributed by atoms with Crippen molar-refractivity contribution in [2.24, 2.45) is 5.92 Å². The minimum Gasteiger partial charge on any atom is -0.480 e. The number of carboxylic acid groups (broad SMARTS) is 1. The first kappa shape index (κ1) is 14.0. The number of amides is 1. The van der Waals surface area contributed by atoms with Gasteiger partial charge < -0.3 is 15.0 Å². The Kier molecular flexibility index (Phi) is 4.65. The highest BCUT2D eigenvalue weighted by Crippen LogP contribution is 2.04. The van der Waals surface area contributed by atoms with E-state index in [1.807, 2.05) is 13.8 Å².